The lowest BCUT2D eigenvalue weighted by Crippen LogP contribution is -2.36. The summed E-state index contributed by atoms with van der Waals surface area (Å²) in [7, 11) is 0. The molecule has 0 spiro atoms. The van der Waals surface area contributed by atoms with Crippen molar-refractivity contribution in [3.8, 4) is 0 Å². The quantitative estimate of drug-likeness (QED) is 0.763. The van der Waals surface area contributed by atoms with Crippen LogP contribution in [0.4, 0.5) is 8.78 Å². The number of nitrogens with one attached hydrogen (secondary N) is 1. The van der Waals surface area contributed by atoms with Crippen LogP contribution < -0.4 is 11.1 Å². The van der Waals surface area contributed by atoms with Crippen LogP contribution in [0.25, 0.3) is 0 Å². The summed E-state index contributed by atoms with van der Waals surface area (Å²) in [5.74, 6) is -3.77. The Bertz CT molecular complexity index is 429. The SMILES string of the molecule is CC(C(N)=O)C(=O)NCc1cc(F)cc(F)c1. The number of benzene rings is 1. The third kappa shape index (κ3) is 3.82. The molecule has 2 amide bonds. The molecule has 0 heterocycles. The molecule has 0 radical (unpaired) electrons. The summed E-state index contributed by atoms with van der Waals surface area (Å²) in [6.45, 7) is 1.29. The highest BCUT2D eigenvalue weighted by atomic mass is 19.1. The molecule has 1 aromatic carbocycles. The van der Waals surface area contributed by atoms with Gasteiger partial charge in [-0.1, -0.05) is 0 Å². The molecule has 0 aromatic heterocycles. The predicted octanol–water partition coefficient (Wildman–Crippen LogP) is 0.702. The third-order valence-electron chi connectivity index (χ3n) is 2.21. The molecule has 17 heavy (non-hydrogen) atoms. The van der Waals surface area contributed by atoms with E-state index < -0.39 is 29.4 Å². The Kier molecular flexibility index (Phi) is 4.14. The van der Waals surface area contributed by atoms with Crippen LogP contribution in [0.15, 0.2) is 18.2 Å². The van der Waals surface area contributed by atoms with E-state index in [9.17, 15) is 18.4 Å². The molecule has 0 aliphatic heterocycles. The summed E-state index contributed by atoms with van der Waals surface area (Å²) in [4.78, 5) is 22.0. The molecule has 4 nitrogen and oxygen atoms in total. The lowest BCUT2D eigenvalue weighted by molar-refractivity contribution is -0.132. The van der Waals surface area contributed by atoms with E-state index in [0.29, 0.717) is 0 Å². The molecule has 3 N–H and O–H groups in total. The highest BCUT2D eigenvalue weighted by molar-refractivity contribution is 5.99. The van der Waals surface area contributed by atoms with Crippen molar-refractivity contribution in [1.82, 2.24) is 5.32 Å². The number of primary amides is 1. The molecule has 0 saturated heterocycles. The van der Waals surface area contributed by atoms with Crippen molar-refractivity contribution < 1.29 is 18.4 Å². The van der Waals surface area contributed by atoms with Gasteiger partial charge in [0.15, 0.2) is 0 Å². The Labute approximate surface area is 96.8 Å². The molecule has 1 atom stereocenters. The number of hydrogen-bond acceptors (Lipinski definition) is 2. The van der Waals surface area contributed by atoms with Crippen molar-refractivity contribution in [2.75, 3.05) is 0 Å². The van der Waals surface area contributed by atoms with E-state index in [1.54, 1.807) is 0 Å². The van der Waals surface area contributed by atoms with Crippen LogP contribution >= 0.6 is 0 Å². The van der Waals surface area contributed by atoms with E-state index in [1.165, 1.54) is 6.92 Å². The second-order valence-corrected chi connectivity index (χ2v) is 3.62. The first kappa shape index (κ1) is 13.1. The Morgan fingerprint density at radius 1 is 1.29 bits per heavy atom. The van der Waals surface area contributed by atoms with E-state index in [0.717, 1.165) is 18.2 Å². The number of halogens is 2. The van der Waals surface area contributed by atoms with Crippen molar-refractivity contribution in [2.45, 2.75) is 13.5 Å². The molecular formula is C11H12F2N2O2. The van der Waals surface area contributed by atoms with Crippen molar-refractivity contribution in [1.29, 1.82) is 0 Å². The molecule has 0 saturated carbocycles. The van der Waals surface area contributed by atoms with Crippen molar-refractivity contribution >= 4 is 11.8 Å². The first-order valence-corrected chi connectivity index (χ1v) is 4.92. The monoisotopic (exact) mass is 242 g/mol. The summed E-state index contributed by atoms with van der Waals surface area (Å²) >= 11 is 0. The van der Waals surface area contributed by atoms with Gasteiger partial charge in [-0.2, -0.15) is 0 Å². The lowest BCUT2D eigenvalue weighted by atomic mass is 10.1. The second kappa shape index (κ2) is 5.38. The fourth-order valence-corrected chi connectivity index (χ4v) is 1.18. The van der Waals surface area contributed by atoms with Gasteiger partial charge in [-0.05, 0) is 24.6 Å². The number of hydrogen-bond donors (Lipinski definition) is 2. The normalized spacial score (nSPS) is 11.9. The fourth-order valence-electron chi connectivity index (χ4n) is 1.18. The Morgan fingerprint density at radius 2 is 1.82 bits per heavy atom. The summed E-state index contributed by atoms with van der Waals surface area (Å²) in [6.07, 6.45) is 0. The smallest absolute Gasteiger partial charge is 0.232 e. The number of rotatable bonds is 4. The standard InChI is InChI=1S/C11H12F2N2O2/c1-6(10(14)16)11(17)15-5-7-2-8(12)4-9(13)3-7/h2-4,6H,5H2,1H3,(H2,14,16)(H,15,17). The predicted molar refractivity (Wildman–Crippen MR) is 56.6 cm³/mol. The van der Waals surface area contributed by atoms with E-state index in [4.69, 9.17) is 5.73 Å². The summed E-state index contributed by atoms with van der Waals surface area (Å²) < 4.78 is 25.6. The van der Waals surface area contributed by atoms with E-state index in [-0.39, 0.29) is 12.1 Å². The van der Waals surface area contributed by atoms with Gasteiger partial charge in [0.2, 0.25) is 11.8 Å². The number of amides is 2. The Balaban J connectivity index is 2.61. The summed E-state index contributed by atoms with van der Waals surface area (Å²) in [5, 5.41) is 2.36. The first-order valence-electron chi connectivity index (χ1n) is 4.92. The van der Waals surface area contributed by atoms with Gasteiger partial charge in [0.1, 0.15) is 17.6 Å². The van der Waals surface area contributed by atoms with Gasteiger partial charge in [-0.3, -0.25) is 9.59 Å². The molecule has 0 bridgehead atoms. The minimum atomic E-state index is -0.978. The molecule has 1 aromatic rings. The van der Waals surface area contributed by atoms with Gasteiger partial charge in [0.25, 0.3) is 0 Å². The van der Waals surface area contributed by atoms with Crippen LogP contribution in [-0.2, 0) is 16.1 Å². The van der Waals surface area contributed by atoms with Gasteiger partial charge in [-0.15, -0.1) is 0 Å². The van der Waals surface area contributed by atoms with Gasteiger partial charge in [0.05, 0.1) is 0 Å². The number of nitrogens with two attached hydrogens (primary N) is 1. The van der Waals surface area contributed by atoms with Crippen molar-refractivity contribution in [3.63, 3.8) is 0 Å². The molecule has 0 aliphatic rings. The largest absolute Gasteiger partial charge is 0.369 e. The molecule has 1 rings (SSSR count). The topological polar surface area (TPSA) is 72.2 Å². The molecule has 92 valence electrons. The maximum atomic E-state index is 12.8. The summed E-state index contributed by atoms with van der Waals surface area (Å²) in [6, 6.07) is 2.92. The van der Waals surface area contributed by atoms with Crippen LogP contribution in [0.1, 0.15) is 12.5 Å². The van der Waals surface area contributed by atoms with Gasteiger partial charge >= 0.3 is 0 Å². The zero-order chi connectivity index (χ0) is 13.0. The average Bonchev–Trinajstić information content (AvgIpc) is 2.23. The Hall–Kier alpha value is -1.98. The van der Waals surface area contributed by atoms with Crippen LogP contribution in [0.2, 0.25) is 0 Å². The van der Waals surface area contributed by atoms with Gasteiger partial charge in [-0.25, -0.2) is 8.78 Å². The fraction of sp³-hybridized carbons (Fsp3) is 0.273. The van der Waals surface area contributed by atoms with E-state index in [1.807, 2.05) is 0 Å². The van der Waals surface area contributed by atoms with Gasteiger partial charge in [0, 0.05) is 12.6 Å². The second-order valence-electron chi connectivity index (χ2n) is 3.62. The minimum absolute atomic E-state index is 0.0644. The van der Waals surface area contributed by atoms with Crippen LogP contribution in [0.3, 0.4) is 0 Å². The van der Waals surface area contributed by atoms with Crippen LogP contribution in [0, 0.1) is 17.6 Å². The van der Waals surface area contributed by atoms with Crippen LogP contribution in [0.5, 0.6) is 0 Å². The zero-order valence-corrected chi connectivity index (χ0v) is 9.17. The van der Waals surface area contributed by atoms with E-state index in [2.05, 4.69) is 5.32 Å². The average molecular weight is 242 g/mol. The highest BCUT2D eigenvalue weighted by Gasteiger charge is 2.17. The molecule has 1 unspecified atom stereocenters. The number of carbonyl (C=O) groups excluding carboxylic acids is 2. The first-order chi connectivity index (χ1) is 7.90. The molecule has 0 aliphatic carbocycles. The van der Waals surface area contributed by atoms with Crippen molar-refractivity contribution in [3.05, 3.63) is 35.4 Å². The van der Waals surface area contributed by atoms with Crippen LogP contribution in [-0.4, -0.2) is 11.8 Å². The summed E-state index contributed by atoms with van der Waals surface area (Å²) in [5.41, 5.74) is 5.21. The third-order valence-corrected chi connectivity index (χ3v) is 2.21. The number of carbonyl (C=O) groups is 2. The zero-order valence-electron chi connectivity index (χ0n) is 9.17. The molecular weight excluding hydrogens is 230 g/mol. The lowest BCUT2D eigenvalue weighted by Gasteiger charge is -2.09. The van der Waals surface area contributed by atoms with E-state index >= 15 is 0 Å². The highest BCUT2D eigenvalue weighted by Crippen LogP contribution is 2.07. The van der Waals surface area contributed by atoms with Gasteiger partial charge < -0.3 is 11.1 Å². The maximum absolute atomic E-state index is 12.8. The van der Waals surface area contributed by atoms with Crippen molar-refractivity contribution in [2.24, 2.45) is 11.7 Å². The molecule has 0 fully saturated rings. The minimum Gasteiger partial charge on any atom is -0.369 e. The Morgan fingerprint density at radius 3 is 2.29 bits per heavy atom. The molecule has 6 heteroatoms. The maximum Gasteiger partial charge on any atom is 0.232 e.